The van der Waals surface area contributed by atoms with Crippen molar-refractivity contribution < 1.29 is 9.32 Å². The number of hydrogen-bond donors (Lipinski definition) is 1. The molecule has 1 saturated heterocycles. The van der Waals surface area contributed by atoms with E-state index in [0.717, 1.165) is 41.1 Å². The molecule has 1 aliphatic heterocycles. The van der Waals surface area contributed by atoms with Crippen LogP contribution in [0.2, 0.25) is 0 Å². The Morgan fingerprint density at radius 2 is 2.29 bits per heavy atom. The fraction of sp³-hybridized carbons (Fsp3) is 0.571. The molecule has 1 aliphatic rings. The number of carbonyl (C=O) groups excluding carboxylic acids is 1. The van der Waals surface area contributed by atoms with Gasteiger partial charge in [0.05, 0.1) is 11.3 Å². The van der Waals surface area contributed by atoms with Crippen molar-refractivity contribution in [3.63, 3.8) is 0 Å². The van der Waals surface area contributed by atoms with E-state index in [1.807, 2.05) is 26.0 Å². The van der Waals surface area contributed by atoms with E-state index >= 15 is 0 Å². The lowest BCUT2D eigenvalue weighted by molar-refractivity contribution is 0.0914. The Bertz CT molecular complexity index is 788. The molecule has 0 aromatic carbocycles. The number of thioether (sulfide) groups is 1. The van der Waals surface area contributed by atoms with Crippen molar-refractivity contribution in [3.8, 4) is 0 Å². The Hall–Kier alpha value is -1.86. The van der Waals surface area contributed by atoms with Crippen LogP contribution in [0.4, 0.5) is 0 Å². The Kier molecular flexibility index (Phi) is 7.13. The number of rotatable bonds is 7. The quantitative estimate of drug-likeness (QED) is 0.710. The van der Waals surface area contributed by atoms with Crippen LogP contribution in [0.5, 0.6) is 0 Å². The molecule has 6 nitrogen and oxygen atoms in total. The summed E-state index contributed by atoms with van der Waals surface area (Å²) in [6.45, 7) is 11.2. The molecule has 2 aromatic heterocycles. The van der Waals surface area contributed by atoms with Crippen LogP contribution in [-0.2, 0) is 5.75 Å². The molecule has 3 rings (SSSR count). The minimum atomic E-state index is -0.0636. The van der Waals surface area contributed by atoms with E-state index in [-0.39, 0.29) is 5.91 Å². The van der Waals surface area contributed by atoms with Gasteiger partial charge in [0.25, 0.3) is 5.91 Å². The summed E-state index contributed by atoms with van der Waals surface area (Å²) in [6, 6.07) is 3.98. The highest BCUT2D eigenvalue weighted by Gasteiger charge is 2.22. The number of pyridine rings is 1. The van der Waals surface area contributed by atoms with Crippen molar-refractivity contribution in [3.05, 3.63) is 40.9 Å². The second kappa shape index (κ2) is 9.56. The van der Waals surface area contributed by atoms with Gasteiger partial charge in [-0.1, -0.05) is 12.1 Å². The molecule has 2 aromatic rings. The van der Waals surface area contributed by atoms with Gasteiger partial charge in [-0.05, 0) is 58.2 Å². The zero-order valence-electron chi connectivity index (χ0n) is 17.2. The lowest BCUT2D eigenvalue weighted by Gasteiger charge is -2.35. The highest BCUT2D eigenvalue weighted by Crippen LogP contribution is 2.27. The van der Waals surface area contributed by atoms with Gasteiger partial charge in [0.1, 0.15) is 10.8 Å². The monoisotopic (exact) mass is 402 g/mol. The molecular weight excluding hydrogens is 372 g/mol. The fourth-order valence-corrected chi connectivity index (χ4v) is 4.76. The molecule has 152 valence electrons. The first-order valence-corrected chi connectivity index (χ1v) is 11.0. The number of nitrogens with zero attached hydrogens (tertiary/aromatic N) is 3. The van der Waals surface area contributed by atoms with Gasteiger partial charge in [-0.2, -0.15) is 0 Å². The van der Waals surface area contributed by atoms with Crippen LogP contribution < -0.4 is 5.32 Å². The van der Waals surface area contributed by atoms with Crippen molar-refractivity contribution in [1.82, 2.24) is 20.4 Å². The van der Waals surface area contributed by atoms with Crippen LogP contribution in [0.25, 0.3) is 0 Å². The van der Waals surface area contributed by atoms with E-state index in [0.29, 0.717) is 23.9 Å². The van der Waals surface area contributed by atoms with Crippen LogP contribution in [0, 0.1) is 19.8 Å². The van der Waals surface area contributed by atoms with Gasteiger partial charge in [0.15, 0.2) is 0 Å². The van der Waals surface area contributed by atoms with Crippen molar-refractivity contribution in [2.75, 3.05) is 19.6 Å². The Morgan fingerprint density at radius 3 is 3.00 bits per heavy atom. The zero-order valence-corrected chi connectivity index (χ0v) is 18.0. The number of carbonyl (C=O) groups is 1. The summed E-state index contributed by atoms with van der Waals surface area (Å²) in [6.07, 6.45) is 4.27. The number of aryl methyl sites for hydroxylation is 2. The number of piperidine rings is 1. The first-order chi connectivity index (χ1) is 13.5. The highest BCUT2D eigenvalue weighted by atomic mass is 32.2. The second-order valence-electron chi connectivity index (χ2n) is 7.75. The molecule has 1 N–H and O–H groups in total. The molecule has 0 radical (unpaired) electrons. The van der Waals surface area contributed by atoms with E-state index in [1.165, 1.54) is 12.8 Å². The van der Waals surface area contributed by atoms with Crippen LogP contribution >= 0.6 is 11.8 Å². The average molecular weight is 403 g/mol. The first-order valence-electron chi connectivity index (χ1n) is 9.97. The zero-order chi connectivity index (χ0) is 20.1. The minimum absolute atomic E-state index is 0.0636. The molecule has 0 bridgehead atoms. The maximum atomic E-state index is 12.8. The van der Waals surface area contributed by atoms with E-state index in [1.54, 1.807) is 18.0 Å². The lowest BCUT2D eigenvalue weighted by Crippen LogP contribution is -2.46. The molecule has 0 spiro atoms. The standard InChI is InChI=1S/C21H30N4O2S/c1-14-7-6-10-25(12-14)15(2)11-23-20(26)18-8-5-9-22-21(18)28-13-19-16(3)24-27-17(19)4/h5,8-9,14-15H,6-7,10-13H2,1-4H3,(H,23,26)/t14-,15-/m1/s1. The summed E-state index contributed by atoms with van der Waals surface area (Å²) in [4.78, 5) is 19.7. The van der Waals surface area contributed by atoms with Crippen molar-refractivity contribution in [1.29, 1.82) is 0 Å². The van der Waals surface area contributed by atoms with Gasteiger partial charge < -0.3 is 9.84 Å². The van der Waals surface area contributed by atoms with E-state index < -0.39 is 0 Å². The van der Waals surface area contributed by atoms with Crippen LogP contribution in [-0.4, -0.2) is 46.6 Å². The molecule has 0 aliphatic carbocycles. The molecule has 1 fully saturated rings. The number of aromatic nitrogens is 2. The number of hydrogen-bond acceptors (Lipinski definition) is 6. The van der Waals surface area contributed by atoms with Crippen LogP contribution in [0.15, 0.2) is 27.9 Å². The number of amides is 1. The third-order valence-corrected chi connectivity index (χ3v) is 6.45. The normalized spacial score (nSPS) is 18.8. The highest BCUT2D eigenvalue weighted by molar-refractivity contribution is 7.98. The Morgan fingerprint density at radius 1 is 1.46 bits per heavy atom. The topological polar surface area (TPSA) is 71.3 Å². The smallest absolute Gasteiger partial charge is 0.254 e. The lowest BCUT2D eigenvalue weighted by atomic mass is 9.99. The van der Waals surface area contributed by atoms with Gasteiger partial charge in [0.2, 0.25) is 0 Å². The van der Waals surface area contributed by atoms with Gasteiger partial charge in [-0.3, -0.25) is 9.69 Å². The Labute approximate surface area is 171 Å². The molecule has 2 atom stereocenters. The van der Waals surface area contributed by atoms with Crippen molar-refractivity contribution >= 4 is 17.7 Å². The summed E-state index contributed by atoms with van der Waals surface area (Å²) < 4.78 is 5.22. The van der Waals surface area contributed by atoms with Gasteiger partial charge in [-0.15, -0.1) is 11.8 Å². The van der Waals surface area contributed by atoms with E-state index in [2.05, 4.69) is 34.2 Å². The summed E-state index contributed by atoms with van der Waals surface area (Å²) in [5, 5.41) is 7.83. The predicted octanol–water partition coefficient (Wildman–Crippen LogP) is 3.83. The molecule has 7 heteroatoms. The maximum absolute atomic E-state index is 12.8. The van der Waals surface area contributed by atoms with Gasteiger partial charge in [0, 0.05) is 36.6 Å². The predicted molar refractivity (Wildman–Crippen MR) is 112 cm³/mol. The SMILES string of the molecule is Cc1noc(C)c1CSc1ncccc1C(=O)NC[C@@H](C)N1CCC[C@@H](C)C1. The third kappa shape index (κ3) is 5.14. The molecular formula is C21H30N4O2S. The molecule has 0 saturated carbocycles. The summed E-state index contributed by atoms with van der Waals surface area (Å²) in [7, 11) is 0. The molecule has 0 unspecified atom stereocenters. The summed E-state index contributed by atoms with van der Waals surface area (Å²) in [5.74, 6) is 2.17. The average Bonchev–Trinajstić information content (AvgIpc) is 3.02. The van der Waals surface area contributed by atoms with E-state index in [9.17, 15) is 4.79 Å². The van der Waals surface area contributed by atoms with Crippen LogP contribution in [0.1, 0.15) is 54.1 Å². The maximum Gasteiger partial charge on any atom is 0.254 e. The number of likely N-dealkylation sites (tertiary alicyclic amines) is 1. The molecule has 28 heavy (non-hydrogen) atoms. The first kappa shape index (κ1) is 20.9. The summed E-state index contributed by atoms with van der Waals surface area (Å²) >= 11 is 1.54. The fourth-order valence-electron chi connectivity index (χ4n) is 3.62. The molecule has 1 amide bonds. The van der Waals surface area contributed by atoms with Gasteiger partial charge >= 0.3 is 0 Å². The second-order valence-corrected chi connectivity index (χ2v) is 8.71. The van der Waals surface area contributed by atoms with Gasteiger partial charge in [-0.25, -0.2) is 4.98 Å². The minimum Gasteiger partial charge on any atom is -0.361 e. The van der Waals surface area contributed by atoms with Crippen molar-refractivity contribution in [2.45, 2.75) is 57.4 Å². The van der Waals surface area contributed by atoms with E-state index in [4.69, 9.17) is 4.52 Å². The number of nitrogens with one attached hydrogen (secondary N) is 1. The summed E-state index contributed by atoms with van der Waals surface area (Å²) in [5.41, 5.74) is 2.57. The van der Waals surface area contributed by atoms with Crippen LogP contribution in [0.3, 0.4) is 0 Å². The Balaban J connectivity index is 1.59. The van der Waals surface area contributed by atoms with Crippen molar-refractivity contribution in [2.24, 2.45) is 5.92 Å². The largest absolute Gasteiger partial charge is 0.361 e. The molecule has 3 heterocycles. The third-order valence-electron chi connectivity index (χ3n) is 5.42.